The third-order valence-corrected chi connectivity index (χ3v) is 7.39. The molecule has 0 bridgehead atoms. The van der Waals surface area contributed by atoms with Crippen LogP contribution in [0.5, 0.6) is 5.75 Å². The van der Waals surface area contributed by atoms with Crippen LogP contribution < -0.4 is 9.64 Å². The molecule has 0 amide bonds. The van der Waals surface area contributed by atoms with Crippen LogP contribution in [0.2, 0.25) is 0 Å². The number of ether oxygens (including phenoxy) is 1. The van der Waals surface area contributed by atoms with Gasteiger partial charge in [-0.25, -0.2) is 8.42 Å². The monoisotopic (exact) mass is 424 g/mol. The Balaban J connectivity index is 1.98. The fraction of sp³-hybridized carbons (Fsp3) is 0.375. The van der Waals surface area contributed by atoms with E-state index in [9.17, 15) is 8.42 Å². The average Bonchev–Trinajstić information content (AvgIpc) is 2.73. The van der Waals surface area contributed by atoms with Gasteiger partial charge in [0, 0.05) is 24.7 Å². The van der Waals surface area contributed by atoms with E-state index in [-0.39, 0.29) is 9.79 Å². The minimum absolute atomic E-state index is 0.260. The summed E-state index contributed by atoms with van der Waals surface area (Å²) >= 11 is 0. The molecular weight excluding hydrogens is 396 g/mol. The number of anilines is 1. The number of hydrogen-bond acceptors (Lipinski definition) is 5. The maximum absolute atomic E-state index is 13.6. The van der Waals surface area contributed by atoms with E-state index >= 15 is 0 Å². The van der Waals surface area contributed by atoms with Crippen molar-refractivity contribution >= 4 is 26.4 Å². The molecule has 0 saturated carbocycles. The second kappa shape index (κ2) is 8.26. The SMILES string of the molecule is CCOc1ccc2ncc(S(=O)(=O)c3ccccc3)c(N3C[C@@H](C)C[C@H](C)C3)c2c1. The van der Waals surface area contributed by atoms with Crippen molar-refractivity contribution in [2.24, 2.45) is 11.8 Å². The molecule has 1 aliphatic rings. The van der Waals surface area contributed by atoms with Crippen LogP contribution >= 0.6 is 0 Å². The Morgan fingerprint density at radius 1 is 1.07 bits per heavy atom. The van der Waals surface area contributed by atoms with E-state index in [4.69, 9.17) is 4.74 Å². The summed E-state index contributed by atoms with van der Waals surface area (Å²) in [5.74, 6) is 1.69. The van der Waals surface area contributed by atoms with Crippen LogP contribution in [0, 0.1) is 11.8 Å². The van der Waals surface area contributed by atoms with Crippen molar-refractivity contribution in [3.05, 3.63) is 54.7 Å². The van der Waals surface area contributed by atoms with Crippen molar-refractivity contribution in [2.75, 3.05) is 24.6 Å². The lowest BCUT2D eigenvalue weighted by Crippen LogP contribution is -2.39. The Morgan fingerprint density at radius 2 is 1.77 bits per heavy atom. The van der Waals surface area contributed by atoms with Gasteiger partial charge in [-0.05, 0) is 55.5 Å². The molecule has 6 heteroatoms. The Labute approximate surface area is 178 Å². The molecule has 2 aromatic carbocycles. The molecule has 30 heavy (non-hydrogen) atoms. The van der Waals surface area contributed by atoms with E-state index in [0.717, 1.165) is 41.9 Å². The van der Waals surface area contributed by atoms with Crippen LogP contribution in [0.25, 0.3) is 10.9 Å². The summed E-state index contributed by atoms with van der Waals surface area (Å²) in [5.41, 5.74) is 1.51. The van der Waals surface area contributed by atoms with Gasteiger partial charge in [-0.15, -0.1) is 0 Å². The quantitative estimate of drug-likeness (QED) is 0.580. The molecule has 2 atom stereocenters. The first-order valence-corrected chi connectivity index (χ1v) is 12.0. The molecule has 3 aromatic rings. The van der Waals surface area contributed by atoms with Gasteiger partial charge in [0.1, 0.15) is 10.6 Å². The zero-order chi connectivity index (χ0) is 21.3. The van der Waals surface area contributed by atoms with Crippen LogP contribution in [-0.2, 0) is 9.84 Å². The van der Waals surface area contributed by atoms with Crippen molar-refractivity contribution in [1.29, 1.82) is 0 Å². The molecular formula is C24H28N2O3S. The van der Waals surface area contributed by atoms with Crippen LogP contribution in [-0.4, -0.2) is 33.1 Å². The van der Waals surface area contributed by atoms with Crippen LogP contribution in [0.3, 0.4) is 0 Å². The van der Waals surface area contributed by atoms with E-state index < -0.39 is 9.84 Å². The van der Waals surface area contributed by atoms with Gasteiger partial charge in [0.2, 0.25) is 9.84 Å². The lowest BCUT2D eigenvalue weighted by molar-refractivity contribution is 0.340. The summed E-state index contributed by atoms with van der Waals surface area (Å²) in [6.07, 6.45) is 2.66. The number of sulfone groups is 1. The van der Waals surface area contributed by atoms with Crippen LogP contribution in [0.4, 0.5) is 5.69 Å². The highest BCUT2D eigenvalue weighted by molar-refractivity contribution is 7.91. The van der Waals surface area contributed by atoms with Gasteiger partial charge < -0.3 is 9.64 Å². The molecule has 0 N–H and O–H groups in total. The number of aromatic nitrogens is 1. The maximum Gasteiger partial charge on any atom is 0.210 e. The molecule has 1 aromatic heterocycles. The summed E-state index contributed by atoms with van der Waals surface area (Å²) in [5, 5.41) is 0.819. The second-order valence-corrected chi connectivity index (χ2v) is 10.2. The van der Waals surface area contributed by atoms with Crippen molar-refractivity contribution in [1.82, 2.24) is 4.98 Å². The molecule has 2 heterocycles. The molecule has 158 valence electrons. The highest BCUT2D eigenvalue weighted by Gasteiger charge is 2.30. The number of rotatable bonds is 5. The number of nitrogens with zero attached hydrogens (tertiary/aromatic N) is 2. The first kappa shape index (κ1) is 20.7. The van der Waals surface area contributed by atoms with Gasteiger partial charge in [0.25, 0.3) is 0 Å². The Morgan fingerprint density at radius 3 is 2.43 bits per heavy atom. The minimum Gasteiger partial charge on any atom is -0.494 e. The van der Waals surface area contributed by atoms with Gasteiger partial charge >= 0.3 is 0 Å². The summed E-state index contributed by atoms with van der Waals surface area (Å²) in [6.45, 7) is 8.58. The molecule has 5 nitrogen and oxygen atoms in total. The predicted molar refractivity (Wildman–Crippen MR) is 120 cm³/mol. The van der Waals surface area contributed by atoms with E-state index in [1.807, 2.05) is 31.2 Å². The Hall–Kier alpha value is -2.60. The van der Waals surface area contributed by atoms with E-state index in [2.05, 4.69) is 23.7 Å². The minimum atomic E-state index is -3.72. The summed E-state index contributed by atoms with van der Waals surface area (Å²) in [6, 6.07) is 14.3. The molecule has 1 aliphatic heterocycles. The van der Waals surface area contributed by atoms with Gasteiger partial charge in [-0.1, -0.05) is 32.0 Å². The number of fused-ring (bicyclic) bond motifs is 1. The van der Waals surface area contributed by atoms with E-state index in [1.165, 1.54) is 6.20 Å². The standard InChI is InChI=1S/C24H28N2O3S/c1-4-29-19-10-11-22-21(13-19)24(26-15-17(2)12-18(3)16-26)23(14-25-22)30(27,28)20-8-6-5-7-9-20/h5-11,13-14,17-18H,4,12,15-16H2,1-3H3/t17-,18-/m0/s1. The molecule has 0 spiro atoms. The van der Waals surface area contributed by atoms with Gasteiger partial charge in [0.05, 0.1) is 22.7 Å². The zero-order valence-electron chi connectivity index (χ0n) is 17.7. The summed E-state index contributed by atoms with van der Waals surface area (Å²) < 4.78 is 32.9. The highest BCUT2D eigenvalue weighted by atomic mass is 32.2. The summed E-state index contributed by atoms with van der Waals surface area (Å²) in [7, 11) is -3.72. The Bertz CT molecular complexity index is 1140. The molecule has 0 radical (unpaired) electrons. The zero-order valence-corrected chi connectivity index (χ0v) is 18.5. The van der Waals surface area contributed by atoms with E-state index in [1.54, 1.807) is 24.3 Å². The summed E-state index contributed by atoms with van der Waals surface area (Å²) in [4.78, 5) is 7.28. The lowest BCUT2D eigenvalue weighted by atomic mass is 9.91. The smallest absolute Gasteiger partial charge is 0.210 e. The molecule has 4 rings (SSSR count). The molecule has 0 aliphatic carbocycles. The fourth-order valence-electron chi connectivity index (χ4n) is 4.49. The number of hydrogen-bond donors (Lipinski definition) is 0. The second-order valence-electron chi connectivity index (χ2n) is 8.25. The topological polar surface area (TPSA) is 59.5 Å². The predicted octanol–water partition coefficient (Wildman–Crippen LogP) is 4.95. The first-order chi connectivity index (χ1) is 14.4. The fourth-order valence-corrected chi connectivity index (χ4v) is 5.95. The van der Waals surface area contributed by atoms with Gasteiger partial charge in [-0.2, -0.15) is 0 Å². The third kappa shape index (κ3) is 3.88. The largest absolute Gasteiger partial charge is 0.494 e. The van der Waals surface area contributed by atoms with Crippen molar-refractivity contribution in [3.63, 3.8) is 0 Å². The molecule has 0 unspecified atom stereocenters. The van der Waals surface area contributed by atoms with Gasteiger partial charge in [0.15, 0.2) is 0 Å². The lowest BCUT2D eigenvalue weighted by Gasteiger charge is -2.38. The molecule has 1 saturated heterocycles. The van der Waals surface area contributed by atoms with Crippen LogP contribution in [0.15, 0.2) is 64.5 Å². The maximum atomic E-state index is 13.6. The number of piperidine rings is 1. The average molecular weight is 425 g/mol. The van der Waals surface area contributed by atoms with Crippen LogP contribution in [0.1, 0.15) is 27.2 Å². The first-order valence-electron chi connectivity index (χ1n) is 10.5. The Kier molecular flexibility index (Phi) is 5.69. The third-order valence-electron chi connectivity index (χ3n) is 5.62. The van der Waals surface area contributed by atoms with Crippen molar-refractivity contribution in [3.8, 4) is 5.75 Å². The number of benzene rings is 2. The molecule has 1 fully saturated rings. The van der Waals surface area contributed by atoms with Crippen molar-refractivity contribution < 1.29 is 13.2 Å². The van der Waals surface area contributed by atoms with Gasteiger partial charge in [-0.3, -0.25) is 4.98 Å². The van der Waals surface area contributed by atoms with Crippen molar-refractivity contribution in [2.45, 2.75) is 37.0 Å². The van der Waals surface area contributed by atoms with E-state index in [0.29, 0.717) is 18.4 Å². The number of pyridine rings is 1. The normalized spacial score (nSPS) is 19.8. The highest BCUT2D eigenvalue weighted by Crippen LogP contribution is 2.39.